The first-order chi connectivity index (χ1) is 15.6. The summed E-state index contributed by atoms with van der Waals surface area (Å²) in [5, 5.41) is 6.03. The van der Waals surface area contributed by atoms with Crippen molar-refractivity contribution in [1.29, 1.82) is 0 Å². The lowest BCUT2D eigenvalue weighted by molar-refractivity contribution is 0.258. The molecule has 2 N–H and O–H groups in total. The largest absolute Gasteiger partial charge is 0.348 e. The van der Waals surface area contributed by atoms with Gasteiger partial charge in [-0.15, -0.1) is 0 Å². The zero-order valence-electron chi connectivity index (χ0n) is 17.4. The average Bonchev–Trinajstić information content (AvgIpc) is 2.82. The minimum absolute atomic E-state index is 0.0634. The minimum Gasteiger partial charge on any atom is -0.348 e. The van der Waals surface area contributed by atoms with Gasteiger partial charge in [-0.1, -0.05) is 60.7 Å². The molecule has 0 fully saturated rings. The number of para-hydroxylation sites is 2. The predicted octanol–water partition coefficient (Wildman–Crippen LogP) is 6.16. The molecule has 1 aromatic heterocycles. The molecule has 6 nitrogen and oxygen atoms in total. The van der Waals surface area contributed by atoms with Crippen molar-refractivity contribution in [1.82, 2.24) is 9.97 Å². The number of hydrogen-bond acceptors (Lipinski definition) is 4. The third-order valence-corrected chi connectivity index (χ3v) is 4.84. The maximum Gasteiger partial charge on any atom is 0.332 e. The Kier molecular flexibility index (Phi) is 6.36. The van der Waals surface area contributed by atoms with Gasteiger partial charge in [0.05, 0.1) is 11.7 Å². The minimum atomic E-state index is -0.540. The topological polar surface area (TPSA) is 70.2 Å². The number of carbonyl (C=O) groups excluding carboxylic acids is 1. The average molecular weight is 427 g/mol. The molecule has 0 radical (unpaired) electrons. The molecule has 7 heteroatoms. The van der Waals surface area contributed by atoms with E-state index < -0.39 is 11.8 Å². The summed E-state index contributed by atoms with van der Waals surface area (Å²) in [6.07, 6.45) is 1.53. The summed E-state index contributed by atoms with van der Waals surface area (Å²) >= 11 is 0. The highest BCUT2D eigenvalue weighted by molar-refractivity contribution is 6.06. The van der Waals surface area contributed by atoms with Crippen LogP contribution in [0.1, 0.15) is 18.5 Å². The highest BCUT2D eigenvalue weighted by Crippen LogP contribution is 2.28. The van der Waals surface area contributed by atoms with Crippen LogP contribution in [0, 0.1) is 5.82 Å². The highest BCUT2D eigenvalue weighted by atomic mass is 19.1. The van der Waals surface area contributed by atoms with E-state index in [1.165, 1.54) is 23.2 Å². The third-order valence-electron chi connectivity index (χ3n) is 4.84. The highest BCUT2D eigenvalue weighted by Gasteiger charge is 2.23. The van der Waals surface area contributed by atoms with Crippen molar-refractivity contribution in [2.24, 2.45) is 0 Å². The second-order valence-electron chi connectivity index (χ2n) is 7.10. The molecule has 1 heterocycles. The van der Waals surface area contributed by atoms with E-state index >= 15 is 0 Å². The fourth-order valence-corrected chi connectivity index (χ4v) is 3.23. The van der Waals surface area contributed by atoms with Crippen molar-refractivity contribution < 1.29 is 9.18 Å². The van der Waals surface area contributed by atoms with Gasteiger partial charge in [0.1, 0.15) is 11.6 Å². The van der Waals surface area contributed by atoms with Gasteiger partial charge in [-0.2, -0.15) is 4.98 Å². The Hall–Kier alpha value is -4.26. The van der Waals surface area contributed by atoms with Gasteiger partial charge in [0.25, 0.3) is 0 Å². The zero-order chi connectivity index (χ0) is 22.3. The van der Waals surface area contributed by atoms with Gasteiger partial charge >= 0.3 is 6.03 Å². The molecular weight excluding hydrogens is 405 g/mol. The molecule has 4 aromatic rings. The molecule has 0 spiro atoms. The monoisotopic (exact) mass is 427 g/mol. The summed E-state index contributed by atoms with van der Waals surface area (Å²) in [4.78, 5) is 23.2. The number of aromatic nitrogens is 2. The Balaban J connectivity index is 1.66. The van der Waals surface area contributed by atoms with E-state index in [0.29, 0.717) is 11.6 Å². The molecule has 2 amide bonds. The first kappa shape index (κ1) is 21.0. The molecular formula is C25H22FN5O. The maximum atomic E-state index is 14.7. The summed E-state index contributed by atoms with van der Waals surface area (Å²) in [5.41, 5.74) is 1.74. The maximum absolute atomic E-state index is 14.7. The van der Waals surface area contributed by atoms with E-state index in [1.54, 1.807) is 42.5 Å². The molecule has 0 saturated heterocycles. The number of urea groups is 1. The summed E-state index contributed by atoms with van der Waals surface area (Å²) in [6.45, 7) is 1.99. The quantitative estimate of drug-likeness (QED) is 0.387. The van der Waals surface area contributed by atoms with Gasteiger partial charge in [-0.25, -0.2) is 19.1 Å². The second kappa shape index (κ2) is 9.70. The molecule has 0 aliphatic rings. The summed E-state index contributed by atoms with van der Waals surface area (Å²) in [5.74, 6) is 0.0236. The first-order valence-electron chi connectivity index (χ1n) is 10.2. The molecule has 0 aliphatic carbocycles. The van der Waals surface area contributed by atoms with Crippen LogP contribution in [0.3, 0.4) is 0 Å². The lowest BCUT2D eigenvalue weighted by Gasteiger charge is -2.23. The Bertz CT molecular complexity index is 1190. The van der Waals surface area contributed by atoms with Crippen LogP contribution in [0.15, 0.2) is 97.2 Å². The lowest BCUT2D eigenvalue weighted by atomic mass is 10.1. The Morgan fingerprint density at radius 3 is 2.28 bits per heavy atom. The van der Waals surface area contributed by atoms with Gasteiger partial charge in [0.15, 0.2) is 0 Å². The van der Waals surface area contributed by atoms with Crippen molar-refractivity contribution in [3.8, 4) is 0 Å². The number of amides is 2. The molecule has 32 heavy (non-hydrogen) atoms. The molecule has 3 aromatic carbocycles. The number of hydrogen-bond donors (Lipinski definition) is 2. The standard InChI is InChI=1S/C25H22FN5O/c1-18(19-10-4-2-5-11-19)28-24-27-17-16-23(30-24)31(22-15-9-8-14-21(22)26)25(32)29-20-12-6-3-7-13-20/h2-18H,1H3,(H,29,32)(H,27,28,30)/t18-/m0/s1. The van der Waals surface area contributed by atoms with Crippen LogP contribution in [0.4, 0.5) is 32.3 Å². The van der Waals surface area contributed by atoms with Crippen molar-refractivity contribution in [3.05, 3.63) is 109 Å². The number of carbonyl (C=O) groups is 1. The van der Waals surface area contributed by atoms with Crippen molar-refractivity contribution in [2.75, 3.05) is 15.5 Å². The van der Waals surface area contributed by atoms with Crippen LogP contribution >= 0.6 is 0 Å². The fourth-order valence-electron chi connectivity index (χ4n) is 3.23. The summed E-state index contributed by atoms with van der Waals surface area (Å²) in [6, 6.07) is 25.9. The second-order valence-corrected chi connectivity index (χ2v) is 7.10. The van der Waals surface area contributed by atoms with Gasteiger partial charge in [0.2, 0.25) is 5.95 Å². The fraction of sp³-hybridized carbons (Fsp3) is 0.0800. The zero-order valence-corrected chi connectivity index (χ0v) is 17.4. The van der Waals surface area contributed by atoms with E-state index in [1.807, 2.05) is 43.3 Å². The lowest BCUT2D eigenvalue weighted by Crippen LogP contribution is -2.32. The summed E-state index contributed by atoms with van der Waals surface area (Å²) in [7, 11) is 0. The first-order valence-corrected chi connectivity index (χ1v) is 10.2. The normalized spacial score (nSPS) is 11.4. The Morgan fingerprint density at radius 1 is 0.906 bits per heavy atom. The molecule has 4 rings (SSSR count). The van der Waals surface area contributed by atoms with Crippen LogP contribution in [-0.2, 0) is 0 Å². The van der Waals surface area contributed by atoms with E-state index in [2.05, 4.69) is 20.6 Å². The molecule has 0 saturated carbocycles. The van der Waals surface area contributed by atoms with E-state index in [0.717, 1.165) is 5.56 Å². The van der Waals surface area contributed by atoms with Crippen molar-refractivity contribution >= 4 is 29.2 Å². The van der Waals surface area contributed by atoms with Gasteiger partial charge < -0.3 is 10.6 Å². The van der Waals surface area contributed by atoms with E-state index in [9.17, 15) is 9.18 Å². The molecule has 160 valence electrons. The predicted molar refractivity (Wildman–Crippen MR) is 125 cm³/mol. The van der Waals surface area contributed by atoms with E-state index in [4.69, 9.17) is 0 Å². The van der Waals surface area contributed by atoms with Crippen LogP contribution in [0.2, 0.25) is 0 Å². The van der Waals surface area contributed by atoms with E-state index in [-0.39, 0.29) is 17.5 Å². The number of nitrogens with zero attached hydrogens (tertiary/aromatic N) is 3. The molecule has 0 bridgehead atoms. The SMILES string of the molecule is C[C@H](Nc1nccc(N(C(=O)Nc2ccccc2)c2ccccc2F)n1)c1ccccc1. The number of rotatable bonds is 6. The van der Waals surface area contributed by atoms with Crippen molar-refractivity contribution in [2.45, 2.75) is 13.0 Å². The molecule has 1 atom stereocenters. The van der Waals surface area contributed by atoms with Crippen LogP contribution < -0.4 is 15.5 Å². The molecule has 0 aliphatic heterocycles. The number of halogens is 1. The van der Waals surface area contributed by atoms with Crippen LogP contribution in [0.25, 0.3) is 0 Å². The van der Waals surface area contributed by atoms with Crippen molar-refractivity contribution in [3.63, 3.8) is 0 Å². The third kappa shape index (κ3) is 4.89. The van der Waals surface area contributed by atoms with Crippen LogP contribution in [-0.4, -0.2) is 16.0 Å². The summed E-state index contributed by atoms with van der Waals surface area (Å²) < 4.78 is 14.7. The molecule has 0 unspecified atom stereocenters. The smallest absolute Gasteiger partial charge is 0.332 e. The number of benzene rings is 3. The number of nitrogens with one attached hydrogen (secondary N) is 2. The Morgan fingerprint density at radius 2 is 1.56 bits per heavy atom. The Labute approximate surface area is 185 Å². The van der Waals surface area contributed by atoms with Crippen LogP contribution in [0.5, 0.6) is 0 Å². The van der Waals surface area contributed by atoms with Gasteiger partial charge in [-0.05, 0) is 36.8 Å². The van der Waals surface area contributed by atoms with Gasteiger partial charge in [0, 0.05) is 18.0 Å². The van der Waals surface area contributed by atoms with Gasteiger partial charge in [-0.3, -0.25) is 0 Å². The number of anilines is 4.